The molecule has 1 aromatic heterocycles. The molecule has 0 aliphatic carbocycles. The van der Waals surface area contributed by atoms with Gasteiger partial charge in [0, 0.05) is 13.5 Å². The minimum absolute atomic E-state index is 0.0428. The third-order valence-corrected chi connectivity index (χ3v) is 2.57. The van der Waals surface area contributed by atoms with Gasteiger partial charge in [-0.1, -0.05) is 0 Å². The zero-order valence-electron chi connectivity index (χ0n) is 11.9. The maximum absolute atomic E-state index is 5.78. The number of ether oxygens (including phenoxy) is 3. The van der Waals surface area contributed by atoms with Crippen LogP contribution in [0.3, 0.4) is 0 Å². The van der Waals surface area contributed by atoms with Crippen LogP contribution in [0.25, 0.3) is 0 Å². The van der Waals surface area contributed by atoms with Crippen molar-refractivity contribution in [2.75, 3.05) is 13.7 Å². The minimum Gasteiger partial charge on any atom is -0.463 e. The SMILES string of the molecule is COC(C)(C)CCOc1nc(Cl)nc(OC(C)C)n1. The maximum Gasteiger partial charge on any atom is 0.324 e. The number of aromatic nitrogens is 3. The molecule has 19 heavy (non-hydrogen) atoms. The molecule has 6 nitrogen and oxygen atoms in total. The molecular weight excluding hydrogens is 270 g/mol. The van der Waals surface area contributed by atoms with Gasteiger partial charge in [-0.15, -0.1) is 4.98 Å². The van der Waals surface area contributed by atoms with E-state index in [-0.39, 0.29) is 29.0 Å². The lowest BCUT2D eigenvalue weighted by molar-refractivity contribution is 0.00458. The van der Waals surface area contributed by atoms with E-state index in [1.165, 1.54) is 0 Å². The van der Waals surface area contributed by atoms with E-state index in [2.05, 4.69) is 15.0 Å². The zero-order valence-corrected chi connectivity index (χ0v) is 12.7. The van der Waals surface area contributed by atoms with Gasteiger partial charge in [-0.3, -0.25) is 0 Å². The third-order valence-electron chi connectivity index (χ3n) is 2.40. The molecule has 0 N–H and O–H groups in total. The highest BCUT2D eigenvalue weighted by Gasteiger charge is 2.17. The van der Waals surface area contributed by atoms with Crippen molar-refractivity contribution in [1.82, 2.24) is 15.0 Å². The van der Waals surface area contributed by atoms with Gasteiger partial charge in [-0.25, -0.2) is 0 Å². The first-order valence-electron chi connectivity index (χ1n) is 6.08. The van der Waals surface area contributed by atoms with Crippen LogP contribution in [0.4, 0.5) is 0 Å². The van der Waals surface area contributed by atoms with Crippen LogP contribution < -0.4 is 9.47 Å². The number of nitrogens with zero attached hydrogens (tertiary/aromatic N) is 3. The van der Waals surface area contributed by atoms with Crippen molar-refractivity contribution in [2.24, 2.45) is 0 Å². The van der Waals surface area contributed by atoms with E-state index in [4.69, 9.17) is 25.8 Å². The Kier molecular flexibility index (Phi) is 5.75. The molecule has 0 saturated carbocycles. The van der Waals surface area contributed by atoms with Gasteiger partial charge < -0.3 is 14.2 Å². The van der Waals surface area contributed by atoms with Crippen molar-refractivity contribution in [1.29, 1.82) is 0 Å². The van der Waals surface area contributed by atoms with Gasteiger partial charge in [0.05, 0.1) is 18.3 Å². The van der Waals surface area contributed by atoms with Crippen molar-refractivity contribution in [3.63, 3.8) is 0 Å². The van der Waals surface area contributed by atoms with Crippen molar-refractivity contribution >= 4 is 11.6 Å². The molecule has 0 aliphatic rings. The lowest BCUT2D eigenvalue weighted by Gasteiger charge is -2.22. The fourth-order valence-electron chi connectivity index (χ4n) is 1.13. The molecule has 0 unspecified atom stereocenters. The summed E-state index contributed by atoms with van der Waals surface area (Å²) in [4.78, 5) is 11.8. The highest BCUT2D eigenvalue weighted by atomic mass is 35.5. The van der Waals surface area contributed by atoms with Crippen LogP contribution in [0.5, 0.6) is 12.0 Å². The Hall–Kier alpha value is -1.14. The Labute approximate surface area is 118 Å². The van der Waals surface area contributed by atoms with Crippen LogP contribution in [0.2, 0.25) is 5.28 Å². The molecule has 0 amide bonds. The second-order valence-electron chi connectivity index (χ2n) is 4.90. The molecule has 1 heterocycles. The summed E-state index contributed by atoms with van der Waals surface area (Å²) in [5.41, 5.74) is -0.256. The lowest BCUT2D eigenvalue weighted by atomic mass is 10.1. The smallest absolute Gasteiger partial charge is 0.324 e. The Morgan fingerprint density at radius 1 is 1.16 bits per heavy atom. The van der Waals surface area contributed by atoms with E-state index in [9.17, 15) is 0 Å². The molecule has 0 aliphatic heterocycles. The van der Waals surface area contributed by atoms with Crippen LogP contribution in [0.15, 0.2) is 0 Å². The summed E-state index contributed by atoms with van der Waals surface area (Å²) in [5.74, 6) is 0. The molecule has 0 atom stereocenters. The van der Waals surface area contributed by atoms with Gasteiger partial charge in [-0.2, -0.15) is 9.97 Å². The molecule has 1 rings (SSSR count). The highest BCUT2D eigenvalue weighted by molar-refractivity contribution is 6.28. The van der Waals surface area contributed by atoms with Crippen molar-refractivity contribution in [3.8, 4) is 12.0 Å². The first kappa shape index (κ1) is 15.9. The van der Waals surface area contributed by atoms with Gasteiger partial charge in [0.25, 0.3) is 0 Å². The van der Waals surface area contributed by atoms with Gasteiger partial charge >= 0.3 is 12.0 Å². The van der Waals surface area contributed by atoms with Crippen LogP contribution in [0.1, 0.15) is 34.1 Å². The molecule has 7 heteroatoms. The topological polar surface area (TPSA) is 66.4 Å². The summed E-state index contributed by atoms with van der Waals surface area (Å²) < 4.78 is 16.1. The van der Waals surface area contributed by atoms with E-state index >= 15 is 0 Å². The maximum atomic E-state index is 5.78. The number of methoxy groups -OCH3 is 1. The Bertz CT molecular complexity index is 413. The van der Waals surface area contributed by atoms with Crippen molar-refractivity contribution < 1.29 is 14.2 Å². The molecule has 0 aromatic carbocycles. The Balaban J connectivity index is 2.61. The second-order valence-corrected chi connectivity index (χ2v) is 5.24. The van der Waals surface area contributed by atoms with Gasteiger partial charge in [0.15, 0.2) is 0 Å². The minimum atomic E-state index is -0.256. The number of rotatable bonds is 7. The molecule has 0 radical (unpaired) electrons. The highest BCUT2D eigenvalue weighted by Crippen LogP contribution is 2.16. The molecular formula is C12H20ClN3O3. The Morgan fingerprint density at radius 3 is 2.37 bits per heavy atom. The van der Waals surface area contributed by atoms with E-state index in [1.807, 2.05) is 27.7 Å². The molecule has 1 aromatic rings. The summed E-state index contributed by atoms with van der Waals surface area (Å²) in [5, 5.41) is 0.0478. The van der Waals surface area contributed by atoms with Crippen LogP contribution in [-0.2, 0) is 4.74 Å². The largest absolute Gasteiger partial charge is 0.463 e. The Morgan fingerprint density at radius 2 is 1.79 bits per heavy atom. The molecule has 0 fully saturated rings. The molecule has 0 spiro atoms. The van der Waals surface area contributed by atoms with Gasteiger partial charge in [0.2, 0.25) is 5.28 Å². The number of hydrogen-bond donors (Lipinski definition) is 0. The first-order chi connectivity index (χ1) is 8.82. The van der Waals surface area contributed by atoms with Crippen LogP contribution in [0, 0.1) is 0 Å². The van der Waals surface area contributed by atoms with Crippen LogP contribution >= 0.6 is 11.6 Å². The van der Waals surface area contributed by atoms with E-state index in [0.29, 0.717) is 13.0 Å². The molecule has 108 valence electrons. The summed E-state index contributed by atoms with van der Waals surface area (Å²) in [6.45, 7) is 8.12. The normalized spacial score (nSPS) is 11.7. The average Bonchev–Trinajstić information content (AvgIpc) is 2.27. The third kappa shape index (κ3) is 6.02. The second kappa shape index (κ2) is 6.86. The number of halogens is 1. The standard InChI is InChI=1S/C12H20ClN3O3/c1-8(2)19-11-15-9(13)14-10(16-11)18-7-6-12(3,4)17-5/h8H,6-7H2,1-5H3. The molecule has 0 bridgehead atoms. The quantitative estimate of drug-likeness (QED) is 0.768. The summed E-state index contributed by atoms with van der Waals surface area (Å²) >= 11 is 5.78. The van der Waals surface area contributed by atoms with Gasteiger partial charge in [-0.05, 0) is 39.3 Å². The summed E-state index contributed by atoms with van der Waals surface area (Å²) in [6.07, 6.45) is 0.659. The van der Waals surface area contributed by atoms with E-state index in [1.54, 1.807) is 7.11 Å². The average molecular weight is 290 g/mol. The van der Waals surface area contributed by atoms with Gasteiger partial charge in [0.1, 0.15) is 0 Å². The van der Waals surface area contributed by atoms with E-state index in [0.717, 1.165) is 0 Å². The van der Waals surface area contributed by atoms with Crippen molar-refractivity contribution in [3.05, 3.63) is 5.28 Å². The number of hydrogen-bond acceptors (Lipinski definition) is 6. The summed E-state index contributed by atoms with van der Waals surface area (Å²) in [7, 11) is 1.66. The fourth-order valence-corrected chi connectivity index (χ4v) is 1.28. The predicted octanol–water partition coefficient (Wildman–Crippen LogP) is 2.51. The first-order valence-corrected chi connectivity index (χ1v) is 6.46. The zero-order chi connectivity index (χ0) is 14.5. The molecule has 0 saturated heterocycles. The monoisotopic (exact) mass is 289 g/mol. The van der Waals surface area contributed by atoms with Crippen LogP contribution in [-0.4, -0.2) is 40.4 Å². The van der Waals surface area contributed by atoms with Crippen molar-refractivity contribution in [2.45, 2.75) is 45.8 Å². The predicted molar refractivity (Wildman–Crippen MR) is 71.8 cm³/mol. The fraction of sp³-hybridized carbons (Fsp3) is 0.750. The summed E-state index contributed by atoms with van der Waals surface area (Å²) in [6, 6.07) is 0.318. The lowest BCUT2D eigenvalue weighted by Crippen LogP contribution is -2.25. The van der Waals surface area contributed by atoms with E-state index < -0.39 is 0 Å².